The first-order valence-electron chi connectivity index (χ1n) is 7.58. The molecule has 4 nitrogen and oxygen atoms in total. The first kappa shape index (κ1) is 16.2. The van der Waals surface area contributed by atoms with E-state index < -0.39 is 0 Å². The van der Waals surface area contributed by atoms with Crippen LogP contribution in [0.25, 0.3) is 0 Å². The van der Waals surface area contributed by atoms with Gasteiger partial charge in [-0.2, -0.15) is 0 Å². The number of ether oxygens (including phenoxy) is 1. The van der Waals surface area contributed by atoms with Crippen molar-refractivity contribution in [1.82, 2.24) is 10.3 Å². The Labute approximate surface area is 145 Å². The molecule has 5 heteroatoms. The van der Waals surface area contributed by atoms with Crippen molar-refractivity contribution in [3.05, 3.63) is 81.7 Å². The second-order valence-electron chi connectivity index (χ2n) is 5.42. The van der Waals surface area contributed by atoms with Gasteiger partial charge in [0.15, 0.2) is 0 Å². The Hall–Kier alpha value is -2.66. The number of rotatable bonds is 5. The molecule has 3 rings (SSSR count). The number of nitrogens with one attached hydrogen (secondary N) is 1. The highest BCUT2D eigenvalue weighted by molar-refractivity contribution is 7.10. The number of amides is 1. The SMILES string of the molecule is COc1ccc(C(=O)N[C@H](c2ccc(C)cc2)c2cccs2)cn1. The summed E-state index contributed by atoms with van der Waals surface area (Å²) in [6.07, 6.45) is 1.52. The predicted octanol–water partition coefficient (Wildman–Crippen LogP) is 3.98. The molecule has 1 N–H and O–H groups in total. The van der Waals surface area contributed by atoms with Crippen LogP contribution in [0.5, 0.6) is 5.88 Å². The first-order chi connectivity index (χ1) is 11.7. The van der Waals surface area contributed by atoms with Gasteiger partial charge < -0.3 is 10.1 Å². The quantitative estimate of drug-likeness (QED) is 0.765. The van der Waals surface area contributed by atoms with Crippen molar-refractivity contribution in [2.75, 3.05) is 7.11 Å². The number of pyridine rings is 1. The summed E-state index contributed by atoms with van der Waals surface area (Å²) in [6, 6.07) is 15.4. The highest BCUT2D eigenvalue weighted by atomic mass is 32.1. The molecule has 0 radical (unpaired) electrons. The topological polar surface area (TPSA) is 51.2 Å². The van der Waals surface area contributed by atoms with E-state index in [9.17, 15) is 4.79 Å². The fourth-order valence-corrected chi connectivity index (χ4v) is 3.19. The molecule has 0 bridgehead atoms. The molecule has 1 atom stereocenters. The van der Waals surface area contributed by atoms with Gasteiger partial charge in [0, 0.05) is 17.1 Å². The second-order valence-corrected chi connectivity index (χ2v) is 6.40. The van der Waals surface area contributed by atoms with Gasteiger partial charge in [0.1, 0.15) is 0 Å². The predicted molar refractivity (Wildman–Crippen MR) is 95.6 cm³/mol. The maximum atomic E-state index is 12.6. The summed E-state index contributed by atoms with van der Waals surface area (Å²) >= 11 is 1.62. The highest BCUT2D eigenvalue weighted by Crippen LogP contribution is 2.26. The minimum Gasteiger partial charge on any atom is -0.481 e. The lowest BCUT2D eigenvalue weighted by Crippen LogP contribution is -2.28. The number of aryl methyl sites for hydroxylation is 1. The van der Waals surface area contributed by atoms with Crippen molar-refractivity contribution in [3.63, 3.8) is 0 Å². The van der Waals surface area contributed by atoms with Crippen LogP contribution in [0.2, 0.25) is 0 Å². The summed E-state index contributed by atoms with van der Waals surface area (Å²) in [5.74, 6) is 0.323. The van der Waals surface area contributed by atoms with Gasteiger partial charge in [-0.25, -0.2) is 4.98 Å². The average molecular weight is 338 g/mol. The number of thiophene rings is 1. The van der Waals surface area contributed by atoms with Crippen LogP contribution in [-0.4, -0.2) is 18.0 Å². The lowest BCUT2D eigenvalue weighted by molar-refractivity contribution is 0.0943. The molecule has 0 aliphatic rings. The smallest absolute Gasteiger partial charge is 0.253 e. The third-order valence-corrected chi connectivity index (χ3v) is 4.66. The zero-order valence-electron chi connectivity index (χ0n) is 13.5. The van der Waals surface area contributed by atoms with Crippen molar-refractivity contribution in [2.45, 2.75) is 13.0 Å². The summed E-state index contributed by atoms with van der Waals surface area (Å²) in [5, 5.41) is 5.11. The number of hydrogen-bond acceptors (Lipinski definition) is 4. The van der Waals surface area contributed by atoms with Crippen LogP contribution in [0, 0.1) is 6.92 Å². The summed E-state index contributed by atoms with van der Waals surface area (Å²) in [4.78, 5) is 17.8. The van der Waals surface area contributed by atoms with Crippen LogP contribution in [0.3, 0.4) is 0 Å². The van der Waals surface area contributed by atoms with Crippen LogP contribution >= 0.6 is 11.3 Å². The number of benzene rings is 1. The molecule has 0 saturated heterocycles. The van der Waals surface area contributed by atoms with Crippen molar-refractivity contribution in [2.24, 2.45) is 0 Å². The Morgan fingerprint density at radius 1 is 1.17 bits per heavy atom. The molecule has 24 heavy (non-hydrogen) atoms. The fraction of sp³-hybridized carbons (Fsp3) is 0.158. The molecular formula is C19H18N2O2S. The number of carbonyl (C=O) groups excluding carboxylic acids is 1. The van der Waals surface area contributed by atoms with Gasteiger partial charge in [-0.05, 0) is 30.0 Å². The van der Waals surface area contributed by atoms with Gasteiger partial charge in [0.2, 0.25) is 5.88 Å². The van der Waals surface area contributed by atoms with E-state index in [1.54, 1.807) is 30.6 Å². The van der Waals surface area contributed by atoms with E-state index in [4.69, 9.17) is 4.74 Å². The third kappa shape index (κ3) is 3.63. The van der Waals surface area contributed by atoms with Gasteiger partial charge >= 0.3 is 0 Å². The van der Waals surface area contributed by atoms with Crippen molar-refractivity contribution in [1.29, 1.82) is 0 Å². The van der Waals surface area contributed by atoms with E-state index in [0.29, 0.717) is 11.4 Å². The van der Waals surface area contributed by atoms with E-state index in [0.717, 1.165) is 10.4 Å². The Morgan fingerprint density at radius 2 is 1.96 bits per heavy atom. The van der Waals surface area contributed by atoms with Crippen LogP contribution in [-0.2, 0) is 0 Å². The van der Waals surface area contributed by atoms with Gasteiger partial charge in [-0.15, -0.1) is 11.3 Å². The molecular weight excluding hydrogens is 320 g/mol. The van der Waals surface area contributed by atoms with E-state index in [-0.39, 0.29) is 11.9 Å². The molecule has 0 spiro atoms. The monoisotopic (exact) mass is 338 g/mol. The van der Waals surface area contributed by atoms with E-state index in [2.05, 4.69) is 22.4 Å². The Balaban J connectivity index is 1.86. The maximum Gasteiger partial charge on any atom is 0.253 e. The van der Waals surface area contributed by atoms with E-state index in [1.807, 2.05) is 36.6 Å². The molecule has 0 unspecified atom stereocenters. The molecule has 0 aliphatic heterocycles. The van der Waals surface area contributed by atoms with Gasteiger partial charge in [0.05, 0.1) is 18.7 Å². The lowest BCUT2D eigenvalue weighted by atomic mass is 10.0. The maximum absolute atomic E-state index is 12.6. The zero-order valence-corrected chi connectivity index (χ0v) is 14.3. The van der Waals surface area contributed by atoms with Crippen LogP contribution in [0.15, 0.2) is 60.1 Å². The summed E-state index contributed by atoms with van der Waals surface area (Å²) in [7, 11) is 1.55. The number of nitrogens with zero attached hydrogens (tertiary/aromatic N) is 1. The van der Waals surface area contributed by atoms with Crippen LogP contribution < -0.4 is 10.1 Å². The van der Waals surface area contributed by atoms with E-state index >= 15 is 0 Å². The largest absolute Gasteiger partial charge is 0.481 e. The van der Waals surface area contributed by atoms with Crippen molar-refractivity contribution in [3.8, 4) is 5.88 Å². The minimum atomic E-state index is -0.180. The fourth-order valence-electron chi connectivity index (χ4n) is 2.38. The summed E-state index contributed by atoms with van der Waals surface area (Å²) < 4.78 is 5.03. The average Bonchev–Trinajstić information content (AvgIpc) is 3.15. The molecule has 2 heterocycles. The van der Waals surface area contributed by atoms with Crippen molar-refractivity contribution >= 4 is 17.2 Å². The molecule has 1 aromatic carbocycles. The number of carbonyl (C=O) groups is 1. The summed E-state index contributed by atoms with van der Waals surface area (Å²) in [6.45, 7) is 2.05. The molecule has 122 valence electrons. The highest BCUT2D eigenvalue weighted by Gasteiger charge is 2.19. The normalized spacial score (nSPS) is 11.8. The van der Waals surface area contributed by atoms with Gasteiger partial charge in [0.25, 0.3) is 5.91 Å². The van der Waals surface area contributed by atoms with Crippen molar-refractivity contribution < 1.29 is 9.53 Å². The van der Waals surface area contributed by atoms with Gasteiger partial charge in [-0.3, -0.25) is 4.79 Å². The Bertz CT molecular complexity index is 796. The molecule has 0 fully saturated rings. The Morgan fingerprint density at radius 3 is 2.54 bits per heavy atom. The number of aromatic nitrogens is 1. The number of hydrogen-bond donors (Lipinski definition) is 1. The molecule has 0 saturated carbocycles. The minimum absolute atomic E-state index is 0.163. The van der Waals surface area contributed by atoms with Crippen LogP contribution in [0.4, 0.5) is 0 Å². The van der Waals surface area contributed by atoms with Gasteiger partial charge in [-0.1, -0.05) is 35.9 Å². The molecule has 0 aliphatic carbocycles. The lowest BCUT2D eigenvalue weighted by Gasteiger charge is -2.18. The molecule has 1 amide bonds. The molecule has 2 aromatic heterocycles. The standard InChI is InChI=1S/C19H18N2O2S/c1-13-5-7-14(8-6-13)18(16-4-3-11-24-16)21-19(22)15-9-10-17(23-2)20-12-15/h3-12,18H,1-2H3,(H,21,22)/t18-/m1/s1. The Kier molecular flexibility index (Phi) is 4.91. The number of methoxy groups -OCH3 is 1. The summed E-state index contributed by atoms with van der Waals surface area (Å²) in [5.41, 5.74) is 2.75. The zero-order chi connectivity index (χ0) is 16.9. The second kappa shape index (κ2) is 7.27. The first-order valence-corrected chi connectivity index (χ1v) is 8.46. The third-order valence-electron chi connectivity index (χ3n) is 3.72. The van der Waals surface area contributed by atoms with Crippen LogP contribution in [0.1, 0.15) is 32.4 Å². The van der Waals surface area contributed by atoms with E-state index in [1.165, 1.54) is 11.8 Å². The molecule has 3 aromatic rings.